The average molecular weight is 554 g/mol. The zero-order valence-electron chi connectivity index (χ0n) is 16.8. The van der Waals surface area contributed by atoms with Crippen LogP contribution in [0.2, 0.25) is 0 Å². The number of alkyl halides is 1. The summed E-state index contributed by atoms with van der Waals surface area (Å²) in [6, 6.07) is 0.868. The first kappa shape index (κ1) is 28.4. The molecule has 1 saturated heterocycles. The number of aromatic nitrogens is 2. The summed E-state index contributed by atoms with van der Waals surface area (Å²) < 4.78 is 71.5. The van der Waals surface area contributed by atoms with E-state index in [1.54, 1.807) is 0 Å². The van der Waals surface area contributed by atoms with E-state index in [9.17, 15) is 37.9 Å². The number of ether oxygens (including phenoxy) is 2. The molecule has 2 rings (SSSR count). The van der Waals surface area contributed by atoms with Crippen molar-refractivity contribution < 1.29 is 65.1 Å². The molecular formula is C13H18FN2O15P3. The quantitative estimate of drug-likeness (QED) is 0.143. The lowest BCUT2D eigenvalue weighted by atomic mass is 9.97. The molecular weight excluding hydrogens is 536 g/mol. The van der Waals surface area contributed by atoms with Gasteiger partial charge in [0.05, 0.1) is 18.6 Å². The van der Waals surface area contributed by atoms with Gasteiger partial charge in [-0.1, -0.05) is 6.58 Å². The van der Waals surface area contributed by atoms with E-state index in [1.165, 1.54) is 0 Å². The molecule has 192 valence electrons. The van der Waals surface area contributed by atoms with Gasteiger partial charge in [0, 0.05) is 19.2 Å². The third-order valence-corrected chi connectivity index (χ3v) is 7.72. The Balaban J connectivity index is 2.26. The fourth-order valence-corrected chi connectivity index (χ4v) is 5.85. The zero-order chi connectivity index (χ0) is 26.1. The molecule has 0 bridgehead atoms. The van der Waals surface area contributed by atoms with Crippen LogP contribution in [0.4, 0.5) is 4.39 Å². The topological polar surface area (TPSA) is 250 Å². The van der Waals surface area contributed by atoms with Crippen molar-refractivity contribution in [3.05, 3.63) is 45.4 Å². The van der Waals surface area contributed by atoms with Gasteiger partial charge in [-0.05, 0) is 0 Å². The molecule has 6 atom stereocenters. The summed E-state index contributed by atoms with van der Waals surface area (Å²) in [6.07, 6.45) is -4.74. The van der Waals surface area contributed by atoms with Crippen molar-refractivity contribution in [3.8, 4) is 0 Å². The highest BCUT2D eigenvalue weighted by atomic mass is 31.3. The van der Waals surface area contributed by atoms with Crippen LogP contribution in [-0.2, 0) is 41.1 Å². The molecule has 0 amide bonds. The predicted molar refractivity (Wildman–Crippen MR) is 104 cm³/mol. The lowest BCUT2D eigenvalue weighted by Gasteiger charge is -2.22. The van der Waals surface area contributed by atoms with Crippen LogP contribution in [0.1, 0.15) is 13.2 Å². The minimum absolute atomic E-state index is 0.542. The van der Waals surface area contributed by atoms with Gasteiger partial charge in [0.2, 0.25) is 0 Å². The number of H-pyrrole nitrogens is 1. The minimum Gasteiger partial charge on any atom is -0.431 e. The summed E-state index contributed by atoms with van der Waals surface area (Å²) in [5.41, 5.74) is -1.90. The summed E-state index contributed by atoms with van der Waals surface area (Å²) >= 11 is 0. The van der Waals surface area contributed by atoms with E-state index in [-0.39, 0.29) is 0 Å². The summed E-state index contributed by atoms with van der Waals surface area (Å²) in [5.74, 6) is -3.09. The van der Waals surface area contributed by atoms with Crippen molar-refractivity contribution in [2.75, 3.05) is 6.61 Å². The molecule has 34 heavy (non-hydrogen) atoms. The molecule has 0 radical (unpaired) electrons. The number of hydrogen-bond acceptors (Lipinski definition) is 11. The molecule has 1 fully saturated rings. The minimum atomic E-state index is -5.82. The molecule has 1 aromatic heterocycles. The van der Waals surface area contributed by atoms with Crippen molar-refractivity contribution in [1.29, 1.82) is 0 Å². The van der Waals surface area contributed by atoms with E-state index in [0.29, 0.717) is 4.57 Å². The molecule has 5 N–H and O–H groups in total. The van der Waals surface area contributed by atoms with Gasteiger partial charge in [0.25, 0.3) is 5.56 Å². The Morgan fingerprint density at radius 1 is 1.21 bits per heavy atom. The Kier molecular flexibility index (Phi) is 8.73. The average Bonchev–Trinajstić information content (AvgIpc) is 2.93. The number of esters is 1. The Labute approximate surface area is 188 Å². The maximum Gasteiger partial charge on any atom is 0.490 e. The first-order chi connectivity index (χ1) is 15.4. The molecule has 17 nitrogen and oxygen atoms in total. The van der Waals surface area contributed by atoms with Gasteiger partial charge < -0.3 is 29.0 Å². The highest BCUT2D eigenvalue weighted by Gasteiger charge is 2.50. The van der Waals surface area contributed by atoms with Gasteiger partial charge in [0.1, 0.15) is 5.76 Å². The van der Waals surface area contributed by atoms with Gasteiger partial charge >= 0.3 is 35.1 Å². The lowest BCUT2D eigenvalue weighted by Crippen LogP contribution is -2.35. The van der Waals surface area contributed by atoms with E-state index in [4.69, 9.17) is 19.3 Å². The van der Waals surface area contributed by atoms with Gasteiger partial charge in [-0.2, -0.15) is 8.62 Å². The molecule has 2 heterocycles. The van der Waals surface area contributed by atoms with Gasteiger partial charge in [0.15, 0.2) is 12.4 Å². The number of hydrogen-bond donors (Lipinski definition) is 5. The van der Waals surface area contributed by atoms with E-state index < -0.39 is 77.5 Å². The fraction of sp³-hybridized carbons (Fsp3) is 0.462. The van der Waals surface area contributed by atoms with Crippen molar-refractivity contribution in [2.45, 2.75) is 25.4 Å². The molecule has 0 aromatic carbocycles. The Hall–Kier alpha value is -1.81. The molecule has 0 saturated carbocycles. The van der Waals surface area contributed by atoms with Crippen LogP contribution < -0.4 is 11.2 Å². The largest absolute Gasteiger partial charge is 0.490 e. The molecule has 21 heteroatoms. The zero-order valence-corrected chi connectivity index (χ0v) is 19.5. The second kappa shape index (κ2) is 10.4. The number of phosphoric ester groups is 1. The second-order valence-corrected chi connectivity index (χ2v) is 10.9. The number of carbonyl (C=O) groups is 1. The Morgan fingerprint density at radius 3 is 2.35 bits per heavy atom. The SMILES string of the molecule is C=C(OC(C)=O)[C@H]1[C@@H](F)[C@H](n2ccc(=O)[nH]c2=O)O[C@@H]1COP(=O)(O)OP(=O)(O)OP(=O)(O)O. The van der Waals surface area contributed by atoms with E-state index in [1.807, 2.05) is 4.98 Å². The van der Waals surface area contributed by atoms with E-state index in [0.717, 1.165) is 19.2 Å². The highest BCUT2D eigenvalue weighted by molar-refractivity contribution is 7.66. The Bertz CT molecular complexity index is 1210. The molecule has 2 unspecified atom stereocenters. The van der Waals surface area contributed by atoms with Crippen molar-refractivity contribution >= 4 is 29.4 Å². The van der Waals surface area contributed by atoms with Crippen LogP contribution in [0.5, 0.6) is 0 Å². The number of rotatable bonds is 10. The Morgan fingerprint density at radius 2 is 1.82 bits per heavy atom. The normalized spacial score (nSPS) is 26.4. The first-order valence-electron chi connectivity index (χ1n) is 8.67. The van der Waals surface area contributed by atoms with Crippen LogP contribution in [0.3, 0.4) is 0 Å². The molecule has 0 spiro atoms. The number of aromatic amines is 1. The fourth-order valence-electron chi connectivity index (χ4n) is 2.82. The number of nitrogens with zero attached hydrogens (tertiary/aromatic N) is 1. The highest BCUT2D eigenvalue weighted by Crippen LogP contribution is 2.66. The molecule has 1 aromatic rings. The van der Waals surface area contributed by atoms with Gasteiger partial charge in [-0.3, -0.25) is 23.7 Å². The van der Waals surface area contributed by atoms with Crippen LogP contribution >= 0.6 is 23.5 Å². The number of carbonyl (C=O) groups excluding carboxylic acids is 1. The third kappa shape index (κ3) is 7.86. The number of halogens is 1. The number of nitrogens with one attached hydrogen (secondary N) is 1. The number of phosphoric acid groups is 3. The summed E-state index contributed by atoms with van der Waals surface area (Å²) in [4.78, 5) is 72.2. The summed E-state index contributed by atoms with van der Waals surface area (Å²) in [7, 11) is -17.0. The van der Waals surface area contributed by atoms with E-state index >= 15 is 4.39 Å². The molecule has 1 aliphatic heterocycles. The monoisotopic (exact) mass is 554 g/mol. The maximum atomic E-state index is 15.2. The van der Waals surface area contributed by atoms with Crippen molar-refractivity contribution in [3.63, 3.8) is 0 Å². The summed E-state index contributed by atoms with van der Waals surface area (Å²) in [6.45, 7) is 3.20. The van der Waals surface area contributed by atoms with Crippen LogP contribution in [0.25, 0.3) is 0 Å². The molecule has 0 aliphatic carbocycles. The maximum absolute atomic E-state index is 15.2. The third-order valence-electron chi connectivity index (χ3n) is 3.92. The van der Waals surface area contributed by atoms with Crippen LogP contribution in [0, 0.1) is 5.92 Å². The second-order valence-electron chi connectivity index (χ2n) is 6.50. The lowest BCUT2D eigenvalue weighted by molar-refractivity contribution is -0.138. The van der Waals surface area contributed by atoms with Crippen molar-refractivity contribution in [1.82, 2.24) is 9.55 Å². The van der Waals surface area contributed by atoms with Crippen molar-refractivity contribution in [2.24, 2.45) is 5.92 Å². The van der Waals surface area contributed by atoms with Crippen LogP contribution in [0.15, 0.2) is 34.2 Å². The molecule has 1 aliphatic rings. The predicted octanol–water partition coefficient (Wildman–Crippen LogP) is -0.192. The van der Waals surface area contributed by atoms with Crippen LogP contribution in [-0.4, -0.2) is 54.0 Å². The first-order valence-corrected chi connectivity index (χ1v) is 13.2. The van der Waals surface area contributed by atoms with Gasteiger partial charge in [-0.15, -0.1) is 0 Å². The smallest absolute Gasteiger partial charge is 0.431 e. The summed E-state index contributed by atoms with van der Waals surface area (Å²) in [5, 5.41) is 0. The standard InChI is InChI=1S/C13H18FN2O15P3/c1-6(28-7(2)17)10-8(5-27-33(23,24)31-34(25,26)30-32(20,21)22)29-12(11(10)14)16-4-3-9(18)15-13(16)19/h3-4,8,10-12H,1,5H2,2H3,(H,23,24)(H,25,26)(H,15,18,19)(H2,20,21,22)/t8-,10-,11-,12-/m1/s1. The van der Waals surface area contributed by atoms with E-state index in [2.05, 4.69) is 19.7 Å². The van der Waals surface area contributed by atoms with Gasteiger partial charge in [-0.25, -0.2) is 22.9 Å².